The summed E-state index contributed by atoms with van der Waals surface area (Å²) in [5, 5.41) is 3.80. The van der Waals surface area contributed by atoms with Crippen molar-refractivity contribution in [3.8, 4) is 0 Å². The minimum absolute atomic E-state index is 0.646. The van der Waals surface area contributed by atoms with Crippen molar-refractivity contribution in [3.05, 3.63) is 24.3 Å². The zero-order valence-electron chi connectivity index (χ0n) is 11.2. The van der Waals surface area contributed by atoms with Gasteiger partial charge < -0.3 is 5.32 Å². The van der Waals surface area contributed by atoms with Crippen molar-refractivity contribution >= 4 is 17.4 Å². The second kappa shape index (κ2) is 5.16. The molecule has 1 N–H and O–H groups in total. The lowest BCUT2D eigenvalue weighted by molar-refractivity contribution is 0.0571. The number of hydrogen-bond acceptors (Lipinski definition) is 2. The minimum atomic E-state index is 0.646. The topological polar surface area (TPSA) is 12.0 Å². The summed E-state index contributed by atoms with van der Waals surface area (Å²) in [5.41, 5.74) is 1.96. The molecule has 0 aliphatic heterocycles. The van der Waals surface area contributed by atoms with E-state index < -0.39 is 0 Å². The van der Waals surface area contributed by atoms with E-state index in [9.17, 15) is 0 Å². The Kier molecular flexibility index (Phi) is 3.56. The van der Waals surface area contributed by atoms with Gasteiger partial charge in [0.25, 0.3) is 0 Å². The zero-order valence-corrected chi connectivity index (χ0v) is 12.1. The van der Waals surface area contributed by atoms with Crippen LogP contribution in [0.4, 0.5) is 5.69 Å². The third-order valence-electron chi connectivity index (χ3n) is 4.93. The summed E-state index contributed by atoms with van der Waals surface area (Å²) in [6, 6.07) is 9.59. The Morgan fingerprint density at radius 3 is 2.67 bits per heavy atom. The molecule has 98 valence electrons. The van der Waals surface area contributed by atoms with Gasteiger partial charge in [0.05, 0.1) is 0 Å². The molecule has 0 bridgehead atoms. The van der Waals surface area contributed by atoms with E-state index in [0.29, 0.717) is 5.41 Å². The van der Waals surface area contributed by atoms with E-state index in [-0.39, 0.29) is 0 Å². The first kappa shape index (κ1) is 12.4. The number of benzene rings is 1. The largest absolute Gasteiger partial charge is 0.382 e. The molecule has 1 unspecified atom stereocenters. The number of nitrogens with one attached hydrogen (secondary N) is 1. The maximum Gasteiger partial charge on any atom is 0.0353 e. The third-order valence-corrected chi connectivity index (χ3v) is 5.66. The van der Waals surface area contributed by atoms with Crippen LogP contribution >= 0.6 is 11.8 Å². The van der Waals surface area contributed by atoms with Crippen LogP contribution in [0.2, 0.25) is 0 Å². The van der Waals surface area contributed by atoms with Crippen LogP contribution in [0, 0.1) is 5.41 Å². The number of anilines is 1. The smallest absolute Gasteiger partial charge is 0.0353 e. The third kappa shape index (κ3) is 2.27. The maximum atomic E-state index is 3.80. The standard InChI is InChI=1S/C16H23NS/c1-18-14-7-5-6-13(12-14)17-15-8-11-16(15)9-3-2-4-10-16/h5-7,12,15,17H,2-4,8-11H2,1H3. The number of rotatable bonds is 3. The highest BCUT2D eigenvalue weighted by Crippen LogP contribution is 2.52. The molecule has 2 heteroatoms. The van der Waals surface area contributed by atoms with E-state index in [1.54, 1.807) is 0 Å². The Balaban J connectivity index is 1.68. The Bertz CT molecular complexity index is 409. The predicted molar refractivity (Wildman–Crippen MR) is 80.4 cm³/mol. The first-order chi connectivity index (χ1) is 8.82. The highest BCUT2D eigenvalue weighted by molar-refractivity contribution is 7.98. The molecule has 1 spiro atoms. The molecule has 1 atom stereocenters. The zero-order chi connectivity index (χ0) is 12.4. The molecule has 2 aliphatic rings. The van der Waals surface area contributed by atoms with E-state index in [1.165, 1.54) is 55.5 Å². The fourth-order valence-electron chi connectivity index (χ4n) is 3.69. The van der Waals surface area contributed by atoms with Gasteiger partial charge in [0, 0.05) is 16.6 Å². The van der Waals surface area contributed by atoms with Crippen LogP contribution in [-0.4, -0.2) is 12.3 Å². The van der Waals surface area contributed by atoms with Crippen molar-refractivity contribution in [3.63, 3.8) is 0 Å². The van der Waals surface area contributed by atoms with Crippen molar-refractivity contribution in [2.24, 2.45) is 5.41 Å². The molecule has 2 fully saturated rings. The lowest BCUT2D eigenvalue weighted by Gasteiger charge is -2.52. The molecule has 0 amide bonds. The van der Waals surface area contributed by atoms with Gasteiger partial charge in [-0.25, -0.2) is 0 Å². The van der Waals surface area contributed by atoms with Crippen LogP contribution in [0.15, 0.2) is 29.2 Å². The SMILES string of the molecule is CSc1cccc(NC2CCC23CCCCC3)c1. The molecule has 1 aromatic carbocycles. The number of hydrogen-bond donors (Lipinski definition) is 1. The average molecular weight is 261 g/mol. The van der Waals surface area contributed by atoms with Crippen LogP contribution in [0.5, 0.6) is 0 Å². The van der Waals surface area contributed by atoms with Crippen LogP contribution in [0.1, 0.15) is 44.9 Å². The molecular weight excluding hydrogens is 238 g/mol. The molecule has 0 heterocycles. The van der Waals surface area contributed by atoms with Gasteiger partial charge in [-0.05, 0) is 55.6 Å². The van der Waals surface area contributed by atoms with E-state index in [1.807, 2.05) is 11.8 Å². The maximum absolute atomic E-state index is 3.80. The van der Waals surface area contributed by atoms with Gasteiger partial charge in [-0.1, -0.05) is 25.3 Å². The van der Waals surface area contributed by atoms with Crippen molar-refractivity contribution in [1.29, 1.82) is 0 Å². The van der Waals surface area contributed by atoms with E-state index in [4.69, 9.17) is 0 Å². The fourth-order valence-corrected chi connectivity index (χ4v) is 4.15. The molecule has 0 aromatic heterocycles. The summed E-state index contributed by atoms with van der Waals surface area (Å²) < 4.78 is 0. The first-order valence-corrected chi connectivity index (χ1v) is 8.45. The van der Waals surface area contributed by atoms with Gasteiger partial charge >= 0.3 is 0 Å². The second-order valence-electron chi connectivity index (χ2n) is 5.89. The second-order valence-corrected chi connectivity index (χ2v) is 6.77. The lowest BCUT2D eigenvalue weighted by Crippen LogP contribution is -2.50. The molecule has 1 aromatic rings. The summed E-state index contributed by atoms with van der Waals surface area (Å²) >= 11 is 1.82. The Labute approximate surface area is 115 Å². The van der Waals surface area contributed by atoms with Gasteiger partial charge in [0.15, 0.2) is 0 Å². The van der Waals surface area contributed by atoms with Crippen LogP contribution in [-0.2, 0) is 0 Å². The summed E-state index contributed by atoms with van der Waals surface area (Å²) in [4.78, 5) is 1.36. The van der Waals surface area contributed by atoms with Gasteiger partial charge in [0.1, 0.15) is 0 Å². The molecule has 3 rings (SSSR count). The van der Waals surface area contributed by atoms with Crippen LogP contribution < -0.4 is 5.32 Å². The van der Waals surface area contributed by atoms with Crippen molar-refractivity contribution in [2.75, 3.05) is 11.6 Å². The van der Waals surface area contributed by atoms with E-state index in [0.717, 1.165) is 6.04 Å². The van der Waals surface area contributed by atoms with Crippen LogP contribution in [0.3, 0.4) is 0 Å². The lowest BCUT2D eigenvalue weighted by atomic mass is 9.57. The van der Waals surface area contributed by atoms with Gasteiger partial charge in [-0.2, -0.15) is 0 Å². The highest BCUT2D eigenvalue weighted by atomic mass is 32.2. The van der Waals surface area contributed by atoms with Crippen LogP contribution in [0.25, 0.3) is 0 Å². The van der Waals surface area contributed by atoms with Crippen molar-refractivity contribution in [2.45, 2.75) is 55.9 Å². The first-order valence-electron chi connectivity index (χ1n) is 7.23. The van der Waals surface area contributed by atoms with Crippen molar-refractivity contribution < 1.29 is 0 Å². The Hall–Kier alpha value is -0.630. The minimum Gasteiger partial charge on any atom is -0.382 e. The van der Waals surface area contributed by atoms with E-state index in [2.05, 4.69) is 35.8 Å². The molecule has 1 nitrogen and oxygen atoms in total. The Morgan fingerprint density at radius 1 is 1.17 bits per heavy atom. The summed E-state index contributed by atoms with van der Waals surface area (Å²) in [7, 11) is 0. The van der Waals surface area contributed by atoms with Gasteiger partial charge in [-0.15, -0.1) is 11.8 Å². The van der Waals surface area contributed by atoms with Gasteiger partial charge in [0.2, 0.25) is 0 Å². The molecule has 2 aliphatic carbocycles. The highest BCUT2D eigenvalue weighted by Gasteiger charge is 2.46. The monoisotopic (exact) mass is 261 g/mol. The number of thioether (sulfide) groups is 1. The predicted octanol–water partition coefficient (Wildman–Crippen LogP) is 4.93. The Morgan fingerprint density at radius 2 is 2.00 bits per heavy atom. The summed E-state index contributed by atoms with van der Waals surface area (Å²) in [6.07, 6.45) is 12.2. The molecular formula is C16H23NS. The molecule has 0 radical (unpaired) electrons. The molecule has 2 saturated carbocycles. The molecule has 0 saturated heterocycles. The van der Waals surface area contributed by atoms with Crippen molar-refractivity contribution in [1.82, 2.24) is 0 Å². The van der Waals surface area contributed by atoms with Gasteiger partial charge in [-0.3, -0.25) is 0 Å². The molecule has 18 heavy (non-hydrogen) atoms. The quantitative estimate of drug-likeness (QED) is 0.774. The fraction of sp³-hybridized carbons (Fsp3) is 0.625. The average Bonchev–Trinajstić information content (AvgIpc) is 2.45. The normalized spacial score (nSPS) is 25.7. The van der Waals surface area contributed by atoms with E-state index >= 15 is 0 Å². The summed E-state index contributed by atoms with van der Waals surface area (Å²) in [6.45, 7) is 0. The summed E-state index contributed by atoms with van der Waals surface area (Å²) in [5.74, 6) is 0.